The average molecular weight is 579 g/mol. The van der Waals surface area contributed by atoms with Crippen molar-refractivity contribution in [2.24, 2.45) is 0 Å². The fourth-order valence-corrected chi connectivity index (χ4v) is 5.29. The molecule has 0 atom stereocenters. The molecule has 0 heterocycles. The summed E-state index contributed by atoms with van der Waals surface area (Å²) in [6.07, 6.45) is 31.2. The van der Waals surface area contributed by atoms with Crippen molar-refractivity contribution in [1.82, 2.24) is 0 Å². The molecule has 0 amide bonds. The third-order valence-corrected chi connectivity index (χ3v) is 8.06. The fraction of sp³-hybridized carbons (Fsp3) is 0.889. The maximum Gasteiger partial charge on any atom is 0.313 e. The maximum atomic E-state index is 12.0. The molecule has 0 aromatic rings. The Hall–Kier alpha value is -1.52. The van der Waals surface area contributed by atoms with Crippen molar-refractivity contribution in [3.63, 3.8) is 0 Å². The van der Waals surface area contributed by atoms with Gasteiger partial charge >= 0.3 is 11.9 Å². The summed E-state index contributed by atoms with van der Waals surface area (Å²) in [6.45, 7) is 4.50. The van der Waals surface area contributed by atoms with E-state index in [0.717, 1.165) is 38.5 Å². The van der Waals surface area contributed by atoms with Crippen molar-refractivity contribution in [3.8, 4) is 0 Å². The third kappa shape index (κ3) is 31.3. The lowest BCUT2D eigenvalue weighted by atomic mass is 10.0. The van der Waals surface area contributed by atoms with Gasteiger partial charge in [0.1, 0.15) is 11.6 Å². The van der Waals surface area contributed by atoms with Gasteiger partial charge < -0.3 is 4.74 Å². The molecule has 0 aromatic carbocycles. The summed E-state index contributed by atoms with van der Waals surface area (Å²) in [7, 11) is 0. The minimum absolute atomic E-state index is 0.0547. The number of carbonyl (C=O) groups excluding carboxylic acids is 4. The van der Waals surface area contributed by atoms with Crippen molar-refractivity contribution >= 4 is 23.5 Å². The Kier molecular flexibility index (Phi) is 30.3. The Morgan fingerprint density at radius 2 is 0.561 bits per heavy atom. The highest BCUT2D eigenvalue weighted by atomic mass is 16.6. The van der Waals surface area contributed by atoms with E-state index in [1.165, 1.54) is 116 Å². The smallest absolute Gasteiger partial charge is 0.313 e. The molecule has 0 rings (SSSR count). The van der Waals surface area contributed by atoms with Crippen LogP contribution >= 0.6 is 0 Å². The van der Waals surface area contributed by atoms with Gasteiger partial charge in [0.25, 0.3) is 0 Å². The Balaban J connectivity index is 3.53. The highest BCUT2D eigenvalue weighted by Gasteiger charge is 2.14. The molecule has 240 valence electrons. The zero-order valence-corrected chi connectivity index (χ0v) is 27.3. The van der Waals surface area contributed by atoms with E-state index in [4.69, 9.17) is 4.74 Å². The van der Waals surface area contributed by atoms with E-state index in [2.05, 4.69) is 13.8 Å². The first-order valence-corrected chi connectivity index (χ1v) is 17.8. The van der Waals surface area contributed by atoms with Gasteiger partial charge in [-0.25, -0.2) is 0 Å². The van der Waals surface area contributed by atoms with Crippen molar-refractivity contribution in [3.05, 3.63) is 0 Å². The van der Waals surface area contributed by atoms with E-state index in [1.54, 1.807) is 0 Å². The Morgan fingerprint density at radius 1 is 0.317 bits per heavy atom. The number of rotatable bonds is 32. The van der Waals surface area contributed by atoms with Crippen LogP contribution < -0.4 is 0 Å². The second-order valence-corrected chi connectivity index (χ2v) is 12.2. The predicted octanol–water partition coefficient (Wildman–Crippen LogP) is 10.9. The van der Waals surface area contributed by atoms with Crippen LogP contribution in [0.25, 0.3) is 0 Å². The first kappa shape index (κ1) is 39.5. The number of unbranched alkanes of at least 4 members (excludes halogenated alkanes) is 22. The summed E-state index contributed by atoms with van der Waals surface area (Å²) in [5.41, 5.74) is 0. The summed E-state index contributed by atoms with van der Waals surface area (Å²) in [6, 6.07) is 0. The molecule has 0 fully saturated rings. The molecule has 0 aliphatic heterocycles. The minimum Gasteiger partial charge on any atom is -0.393 e. The van der Waals surface area contributed by atoms with Crippen LogP contribution in [0.5, 0.6) is 0 Å². The monoisotopic (exact) mass is 578 g/mol. The molecule has 0 radical (unpaired) electrons. The van der Waals surface area contributed by atoms with E-state index in [0.29, 0.717) is 12.8 Å². The van der Waals surface area contributed by atoms with Gasteiger partial charge in [-0.05, 0) is 12.8 Å². The largest absolute Gasteiger partial charge is 0.393 e. The number of hydrogen-bond donors (Lipinski definition) is 0. The molecule has 5 nitrogen and oxygen atoms in total. The lowest BCUT2D eigenvalue weighted by molar-refractivity contribution is -0.160. The zero-order valence-electron chi connectivity index (χ0n) is 27.3. The van der Waals surface area contributed by atoms with E-state index >= 15 is 0 Å². The van der Waals surface area contributed by atoms with Crippen LogP contribution in [0, 0.1) is 0 Å². The van der Waals surface area contributed by atoms with Gasteiger partial charge in [-0.3, -0.25) is 19.2 Å². The zero-order chi connectivity index (χ0) is 30.2. The number of ketones is 2. The first-order chi connectivity index (χ1) is 20.0. The second-order valence-electron chi connectivity index (χ2n) is 12.2. The van der Waals surface area contributed by atoms with Gasteiger partial charge in [-0.2, -0.15) is 0 Å². The van der Waals surface area contributed by atoms with Gasteiger partial charge in [0.05, 0.1) is 12.8 Å². The molecule has 0 saturated heterocycles. The van der Waals surface area contributed by atoms with Gasteiger partial charge in [0.2, 0.25) is 0 Å². The summed E-state index contributed by atoms with van der Waals surface area (Å²) in [5.74, 6) is -1.21. The summed E-state index contributed by atoms with van der Waals surface area (Å²) in [4.78, 5) is 47.9. The van der Waals surface area contributed by atoms with Crippen LogP contribution in [-0.4, -0.2) is 23.5 Å². The van der Waals surface area contributed by atoms with Crippen molar-refractivity contribution in [2.75, 3.05) is 0 Å². The molecule has 5 heteroatoms. The van der Waals surface area contributed by atoms with Crippen LogP contribution in [0.2, 0.25) is 0 Å². The van der Waals surface area contributed by atoms with Gasteiger partial charge in [-0.1, -0.05) is 155 Å². The number of ether oxygens (including phenoxy) is 1. The minimum atomic E-state index is -0.661. The number of esters is 2. The Morgan fingerprint density at radius 3 is 0.829 bits per heavy atom. The molecule has 0 unspecified atom stereocenters. The highest BCUT2D eigenvalue weighted by molar-refractivity contribution is 5.90. The van der Waals surface area contributed by atoms with Crippen LogP contribution in [0.1, 0.15) is 206 Å². The summed E-state index contributed by atoms with van der Waals surface area (Å²) >= 11 is 0. The SMILES string of the molecule is CCCCCCCCCCCCCCC(=O)CCC(=O)OC(=O)CCC(=O)CCCCCCCCCCCCCC. The summed E-state index contributed by atoms with van der Waals surface area (Å²) in [5, 5.41) is 0. The molecule has 0 spiro atoms. The van der Waals surface area contributed by atoms with Crippen molar-refractivity contribution in [1.29, 1.82) is 0 Å². The lowest BCUT2D eigenvalue weighted by Gasteiger charge is -2.05. The van der Waals surface area contributed by atoms with Crippen molar-refractivity contribution in [2.45, 2.75) is 206 Å². The molecule has 0 aliphatic rings. The van der Waals surface area contributed by atoms with Gasteiger partial charge in [0.15, 0.2) is 0 Å². The quantitative estimate of drug-likeness (QED) is 0.0450. The number of carbonyl (C=O) groups is 4. The van der Waals surface area contributed by atoms with Crippen LogP contribution in [-0.2, 0) is 23.9 Å². The van der Waals surface area contributed by atoms with Crippen molar-refractivity contribution < 1.29 is 23.9 Å². The van der Waals surface area contributed by atoms with E-state index < -0.39 is 11.9 Å². The van der Waals surface area contributed by atoms with Crippen LogP contribution in [0.15, 0.2) is 0 Å². The first-order valence-electron chi connectivity index (χ1n) is 17.8. The van der Waals surface area contributed by atoms with Crippen LogP contribution in [0.3, 0.4) is 0 Å². The Labute approximate surface area is 253 Å². The van der Waals surface area contributed by atoms with Crippen LogP contribution in [0.4, 0.5) is 0 Å². The fourth-order valence-electron chi connectivity index (χ4n) is 5.29. The third-order valence-electron chi connectivity index (χ3n) is 8.06. The molecular weight excluding hydrogens is 512 g/mol. The molecule has 0 saturated carbocycles. The van der Waals surface area contributed by atoms with Gasteiger partial charge in [-0.15, -0.1) is 0 Å². The summed E-state index contributed by atoms with van der Waals surface area (Å²) < 4.78 is 4.80. The topological polar surface area (TPSA) is 77.5 Å². The standard InChI is InChI=1S/C36H66O5/c1-3-5-7-9-11-13-15-17-19-21-23-25-27-33(37)29-31-35(39)41-36(40)32-30-34(38)28-26-24-22-20-18-16-14-12-10-8-6-4-2/h3-32H2,1-2H3. The van der Waals surface area contributed by atoms with E-state index in [9.17, 15) is 19.2 Å². The molecule has 0 bridgehead atoms. The van der Waals surface area contributed by atoms with E-state index in [-0.39, 0.29) is 37.2 Å². The highest BCUT2D eigenvalue weighted by Crippen LogP contribution is 2.15. The molecule has 0 aliphatic carbocycles. The number of Topliss-reactive ketones (excluding diaryl/α,β-unsaturated/α-hetero) is 2. The normalized spacial score (nSPS) is 11.1. The molecule has 0 N–H and O–H groups in total. The average Bonchev–Trinajstić information content (AvgIpc) is 2.96. The van der Waals surface area contributed by atoms with E-state index in [1.807, 2.05) is 0 Å². The second kappa shape index (κ2) is 31.4. The lowest BCUT2D eigenvalue weighted by Crippen LogP contribution is -2.14. The molecular formula is C36H66O5. The van der Waals surface area contributed by atoms with Gasteiger partial charge in [0, 0.05) is 25.7 Å². The Bertz CT molecular complexity index is 588. The maximum absolute atomic E-state index is 12.0. The number of hydrogen-bond acceptors (Lipinski definition) is 5. The molecule has 0 aromatic heterocycles. The predicted molar refractivity (Wildman–Crippen MR) is 171 cm³/mol. The molecule has 41 heavy (non-hydrogen) atoms.